The molecule has 26 heavy (non-hydrogen) atoms. The first-order valence-corrected chi connectivity index (χ1v) is 9.01. The maximum atomic E-state index is 12.0. The summed E-state index contributed by atoms with van der Waals surface area (Å²) < 4.78 is 5.10. The van der Waals surface area contributed by atoms with Crippen LogP contribution in [0.15, 0.2) is 48.5 Å². The lowest BCUT2D eigenvalue weighted by Crippen LogP contribution is -2.29. The van der Waals surface area contributed by atoms with E-state index < -0.39 is 5.97 Å². The van der Waals surface area contributed by atoms with Crippen molar-refractivity contribution in [3.63, 3.8) is 0 Å². The van der Waals surface area contributed by atoms with Crippen LogP contribution in [0.3, 0.4) is 0 Å². The van der Waals surface area contributed by atoms with Gasteiger partial charge in [-0.05, 0) is 62.1 Å². The monoisotopic (exact) mass is 352 g/mol. The molecule has 0 bridgehead atoms. The molecule has 0 saturated carbocycles. The van der Waals surface area contributed by atoms with Crippen LogP contribution in [0.5, 0.6) is 0 Å². The molecular weight excluding hydrogens is 328 g/mol. The molecule has 5 heteroatoms. The van der Waals surface area contributed by atoms with Gasteiger partial charge >= 0.3 is 5.97 Å². The summed E-state index contributed by atoms with van der Waals surface area (Å²) in [5.74, 6) is -0.837. The number of rotatable bonds is 5. The number of carbonyl (C=O) groups is 2. The van der Waals surface area contributed by atoms with E-state index in [2.05, 4.69) is 10.2 Å². The van der Waals surface area contributed by atoms with Crippen LogP contribution in [0.25, 0.3) is 0 Å². The van der Waals surface area contributed by atoms with E-state index >= 15 is 0 Å². The molecule has 0 aliphatic carbocycles. The number of anilines is 2. The number of ether oxygens (including phenoxy) is 1. The molecule has 0 atom stereocenters. The number of nitrogens with zero attached hydrogens (tertiary/aromatic N) is 1. The molecule has 1 fully saturated rings. The number of hydrogen-bond donors (Lipinski definition) is 1. The number of nitrogens with one attached hydrogen (secondary N) is 1. The van der Waals surface area contributed by atoms with Crippen LogP contribution in [0.4, 0.5) is 11.4 Å². The first-order chi connectivity index (χ1) is 12.6. The van der Waals surface area contributed by atoms with Crippen molar-refractivity contribution in [2.45, 2.75) is 26.2 Å². The SMILES string of the molecule is Cc1ccccc1C(=O)OCC(=O)Nc1ccc(N2CCCCC2)cc1. The molecule has 0 radical (unpaired) electrons. The second-order valence-electron chi connectivity index (χ2n) is 6.53. The largest absolute Gasteiger partial charge is 0.452 e. The van der Waals surface area contributed by atoms with Gasteiger partial charge in [0.2, 0.25) is 0 Å². The Morgan fingerprint density at radius 1 is 1.00 bits per heavy atom. The summed E-state index contributed by atoms with van der Waals surface area (Å²) in [6.45, 7) is 3.70. The lowest BCUT2D eigenvalue weighted by Gasteiger charge is -2.28. The summed E-state index contributed by atoms with van der Waals surface area (Å²) in [6.07, 6.45) is 3.75. The third-order valence-corrected chi connectivity index (χ3v) is 4.57. The molecule has 0 aromatic heterocycles. The highest BCUT2D eigenvalue weighted by molar-refractivity contribution is 5.96. The smallest absolute Gasteiger partial charge is 0.338 e. The van der Waals surface area contributed by atoms with Gasteiger partial charge in [-0.25, -0.2) is 4.79 Å². The maximum Gasteiger partial charge on any atom is 0.338 e. The van der Waals surface area contributed by atoms with Crippen molar-refractivity contribution in [3.8, 4) is 0 Å². The second kappa shape index (κ2) is 8.52. The van der Waals surface area contributed by atoms with Crippen LogP contribution in [0.1, 0.15) is 35.2 Å². The first-order valence-electron chi connectivity index (χ1n) is 9.01. The quantitative estimate of drug-likeness (QED) is 0.832. The van der Waals surface area contributed by atoms with Crippen molar-refractivity contribution in [2.75, 3.05) is 29.9 Å². The number of benzene rings is 2. The summed E-state index contributed by atoms with van der Waals surface area (Å²) >= 11 is 0. The topological polar surface area (TPSA) is 58.6 Å². The number of esters is 1. The van der Waals surface area contributed by atoms with Gasteiger partial charge in [0.05, 0.1) is 5.56 Å². The lowest BCUT2D eigenvalue weighted by atomic mass is 10.1. The van der Waals surface area contributed by atoms with E-state index in [1.807, 2.05) is 43.3 Å². The van der Waals surface area contributed by atoms with Crippen LogP contribution in [0, 0.1) is 6.92 Å². The highest BCUT2D eigenvalue weighted by atomic mass is 16.5. The Bertz CT molecular complexity index is 765. The van der Waals surface area contributed by atoms with Gasteiger partial charge in [-0.15, -0.1) is 0 Å². The lowest BCUT2D eigenvalue weighted by molar-refractivity contribution is -0.119. The molecule has 1 heterocycles. The fourth-order valence-corrected chi connectivity index (χ4v) is 3.12. The minimum absolute atomic E-state index is 0.305. The van der Waals surface area contributed by atoms with Crippen molar-refractivity contribution in [1.82, 2.24) is 0 Å². The van der Waals surface area contributed by atoms with Gasteiger partial charge in [-0.3, -0.25) is 4.79 Å². The van der Waals surface area contributed by atoms with Crippen molar-refractivity contribution in [1.29, 1.82) is 0 Å². The molecule has 1 N–H and O–H groups in total. The minimum atomic E-state index is -0.487. The molecule has 1 aliphatic rings. The number of carbonyl (C=O) groups excluding carboxylic acids is 2. The zero-order valence-corrected chi connectivity index (χ0v) is 15.0. The van der Waals surface area contributed by atoms with Crippen LogP contribution in [-0.4, -0.2) is 31.6 Å². The van der Waals surface area contributed by atoms with Gasteiger partial charge < -0.3 is 15.0 Å². The molecule has 0 spiro atoms. The summed E-state index contributed by atoms with van der Waals surface area (Å²) in [6, 6.07) is 14.9. The van der Waals surface area contributed by atoms with E-state index in [9.17, 15) is 9.59 Å². The Morgan fingerprint density at radius 2 is 1.69 bits per heavy atom. The molecule has 0 unspecified atom stereocenters. The van der Waals surface area contributed by atoms with E-state index in [0.29, 0.717) is 11.3 Å². The number of aryl methyl sites for hydroxylation is 1. The number of piperidine rings is 1. The molecular formula is C21H24N2O3. The molecule has 136 valence electrons. The van der Waals surface area contributed by atoms with Crippen LogP contribution in [-0.2, 0) is 9.53 Å². The molecule has 2 aromatic carbocycles. The normalized spacial score (nSPS) is 14.0. The van der Waals surface area contributed by atoms with E-state index in [-0.39, 0.29) is 12.5 Å². The second-order valence-corrected chi connectivity index (χ2v) is 6.53. The molecule has 1 aliphatic heterocycles. The van der Waals surface area contributed by atoms with E-state index in [1.165, 1.54) is 24.9 Å². The predicted octanol–water partition coefficient (Wildman–Crippen LogP) is 3.78. The highest BCUT2D eigenvalue weighted by Crippen LogP contribution is 2.21. The predicted molar refractivity (Wildman–Crippen MR) is 103 cm³/mol. The van der Waals surface area contributed by atoms with Crippen molar-refractivity contribution < 1.29 is 14.3 Å². The third-order valence-electron chi connectivity index (χ3n) is 4.57. The molecule has 2 aromatic rings. The highest BCUT2D eigenvalue weighted by Gasteiger charge is 2.13. The van der Waals surface area contributed by atoms with Crippen molar-refractivity contribution in [3.05, 3.63) is 59.7 Å². The standard InChI is InChI=1S/C21H24N2O3/c1-16-7-3-4-8-19(16)21(25)26-15-20(24)22-17-9-11-18(12-10-17)23-13-5-2-6-14-23/h3-4,7-12H,2,5-6,13-15H2,1H3,(H,22,24). The average Bonchev–Trinajstić information content (AvgIpc) is 2.68. The Labute approximate surface area is 154 Å². The van der Waals surface area contributed by atoms with Gasteiger partial charge in [-0.2, -0.15) is 0 Å². The molecule has 5 nitrogen and oxygen atoms in total. The summed E-state index contributed by atoms with van der Waals surface area (Å²) in [5.41, 5.74) is 3.17. The molecule has 1 amide bonds. The number of hydrogen-bond acceptors (Lipinski definition) is 4. The van der Waals surface area contributed by atoms with Crippen molar-refractivity contribution >= 4 is 23.3 Å². The van der Waals surface area contributed by atoms with E-state index in [4.69, 9.17) is 4.74 Å². The average molecular weight is 352 g/mol. The van der Waals surface area contributed by atoms with Gasteiger partial charge in [-0.1, -0.05) is 18.2 Å². The Hall–Kier alpha value is -2.82. The Balaban J connectivity index is 1.50. The van der Waals surface area contributed by atoms with Gasteiger partial charge in [0, 0.05) is 24.5 Å². The Morgan fingerprint density at radius 3 is 2.38 bits per heavy atom. The summed E-state index contributed by atoms with van der Waals surface area (Å²) in [7, 11) is 0. The van der Waals surface area contributed by atoms with Gasteiger partial charge in [0.1, 0.15) is 0 Å². The fourth-order valence-electron chi connectivity index (χ4n) is 3.12. The zero-order chi connectivity index (χ0) is 18.4. The summed E-state index contributed by atoms with van der Waals surface area (Å²) in [4.78, 5) is 26.4. The molecule has 3 rings (SSSR count). The fraction of sp³-hybridized carbons (Fsp3) is 0.333. The number of amides is 1. The van der Waals surface area contributed by atoms with Gasteiger partial charge in [0.25, 0.3) is 5.91 Å². The first kappa shape index (κ1) is 18.0. The van der Waals surface area contributed by atoms with Crippen LogP contribution < -0.4 is 10.2 Å². The Kier molecular flexibility index (Phi) is 5.89. The van der Waals surface area contributed by atoms with E-state index in [0.717, 1.165) is 18.7 Å². The van der Waals surface area contributed by atoms with Gasteiger partial charge in [0.15, 0.2) is 6.61 Å². The molecule has 1 saturated heterocycles. The van der Waals surface area contributed by atoms with Crippen LogP contribution >= 0.6 is 0 Å². The van der Waals surface area contributed by atoms with Crippen LogP contribution in [0.2, 0.25) is 0 Å². The zero-order valence-electron chi connectivity index (χ0n) is 15.0. The van der Waals surface area contributed by atoms with E-state index in [1.54, 1.807) is 12.1 Å². The van der Waals surface area contributed by atoms with Crippen molar-refractivity contribution in [2.24, 2.45) is 0 Å². The maximum absolute atomic E-state index is 12.0. The minimum Gasteiger partial charge on any atom is -0.452 e. The summed E-state index contributed by atoms with van der Waals surface area (Å²) in [5, 5.41) is 2.76. The third kappa shape index (κ3) is 4.63.